The Morgan fingerprint density at radius 2 is 2.00 bits per heavy atom. The van der Waals surface area contributed by atoms with E-state index in [1.165, 1.54) is 25.7 Å². The highest BCUT2D eigenvalue weighted by molar-refractivity contribution is 6.84. The van der Waals surface area contributed by atoms with Gasteiger partial charge < -0.3 is 0 Å². The molecule has 1 fully saturated rings. The zero-order chi connectivity index (χ0) is 10.6. The second-order valence-electron chi connectivity index (χ2n) is 4.68. The third-order valence-corrected chi connectivity index (χ3v) is 8.07. The van der Waals surface area contributed by atoms with Gasteiger partial charge >= 0.3 is 0 Å². The minimum Gasteiger partial charge on any atom is -0.211 e. The largest absolute Gasteiger partial charge is 0.234 e. The molecule has 79 valence electrons. The predicted octanol–water partition coefficient (Wildman–Crippen LogP) is 3.04. The Kier molecular flexibility index (Phi) is 4.08. The van der Waals surface area contributed by atoms with Crippen LogP contribution in [0.1, 0.15) is 39.0 Å². The maximum absolute atomic E-state index is 10.4. The van der Waals surface area contributed by atoms with Gasteiger partial charge in [-0.3, -0.25) is 0 Å². The molecule has 0 heterocycles. The molecule has 2 nitrogen and oxygen atoms in total. The lowest BCUT2D eigenvalue weighted by atomic mass is 10.4. The van der Waals surface area contributed by atoms with Gasteiger partial charge in [0.05, 0.1) is 13.7 Å². The molecule has 1 rings (SSSR count). The summed E-state index contributed by atoms with van der Waals surface area (Å²) < 4.78 is 0. The van der Waals surface area contributed by atoms with Gasteiger partial charge in [0.25, 0.3) is 0 Å². The summed E-state index contributed by atoms with van der Waals surface area (Å²) in [6.45, 7) is 6.82. The van der Waals surface area contributed by atoms with E-state index in [2.05, 4.69) is 25.0 Å². The molecule has 0 aromatic carbocycles. The van der Waals surface area contributed by atoms with E-state index in [0.29, 0.717) is 0 Å². The Morgan fingerprint density at radius 3 is 2.43 bits per heavy atom. The molecular formula is C11H20NOSi. The highest BCUT2D eigenvalue weighted by Gasteiger charge is 2.40. The van der Waals surface area contributed by atoms with Crippen LogP contribution in [0.15, 0.2) is 4.99 Å². The SMILES string of the molecule is CCC(N=C=O)[Si](C)(C)[C]1CCCC1. The van der Waals surface area contributed by atoms with Crippen LogP contribution < -0.4 is 0 Å². The lowest BCUT2D eigenvalue weighted by Crippen LogP contribution is -2.45. The summed E-state index contributed by atoms with van der Waals surface area (Å²) in [4.78, 5) is 14.4. The summed E-state index contributed by atoms with van der Waals surface area (Å²) in [5.41, 5.74) is 1.98. The van der Waals surface area contributed by atoms with Gasteiger partial charge in [-0.1, -0.05) is 32.9 Å². The molecule has 0 aromatic rings. The summed E-state index contributed by atoms with van der Waals surface area (Å²) in [5.74, 6) is 0. The van der Waals surface area contributed by atoms with Gasteiger partial charge in [0, 0.05) is 0 Å². The number of hydrogen-bond donors (Lipinski definition) is 0. The van der Waals surface area contributed by atoms with E-state index in [0.717, 1.165) is 6.42 Å². The van der Waals surface area contributed by atoms with Crippen molar-refractivity contribution in [2.24, 2.45) is 4.99 Å². The second kappa shape index (κ2) is 4.90. The topological polar surface area (TPSA) is 29.4 Å². The van der Waals surface area contributed by atoms with E-state index in [9.17, 15) is 4.79 Å². The highest BCUT2D eigenvalue weighted by atomic mass is 28.3. The van der Waals surface area contributed by atoms with Crippen molar-refractivity contribution in [1.82, 2.24) is 0 Å². The number of aliphatic imine (C=N–C) groups is 1. The minimum atomic E-state index is -1.43. The van der Waals surface area contributed by atoms with Crippen molar-refractivity contribution in [2.45, 2.75) is 57.8 Å². The van der Waals surface area contributed by atoms with Crippen LogP contribution in [0.5, 0.6) is 0 Å². The van der Waals surface area contributed by atoms with Gasteiger partial charge in [-0.05, 0) is 24.8 Å². The zero-order valence-corrected chi connectivity index (χ0v) is 10.5. The van der Waals surface area contributed by atoms with Crippen molar-refractivity contribution in [3.63, 3.8) is 0 Å². The quantitative estimate of drug-likeness (QED) is 0.398. The summed E-state index contributed by atoms with van der Waals surface area (Å²) >= 11 is 0. The number of carbonyl (C=O) groups excluding carboxylic acids is 1. The van der Waals surface area contributed by atoms with E-state index in [-0.39, 0.29) is 5.67 Å². The smallest absolute Gasteiger partial charge is 0.211 e. The molecule has 0 spiro atoms. The van der Waals surface area contributed by atoms with E-state index >= 15 is 0 Å². The van der Waals surface area contributed by atoms with Crippen molar-refractivity contribution in [3.05, 3.63) is 5.54 Å². The zero-order valence-electron chi connectivity index (χ0n) is 9.47. The fourth-order valence-electron chi connectivity index (χ4n) is 2.51. The van der Waals surface area contributed by atoms with Crippen LogP contribution in [-0.4, -0.2) is 19.8 Å². The van der Waals surface area contributed by atoms with Crippen LogP contribution in [0.4, 0.5) is 0 Å². The van der Waals surface area contributed by atoms with Gasteiger partial charge in [-0.2, -0.15) is 0 Å². The fourth-order valence-corrected chi connectivity index (χ4v) is 6.02. The van der Waals surface area contributed by atoms with Crippen LogP contribution in [-0.2, 0) is 4.79 Å². The average Bonchev–Trinajstić information content (AvgIpc) is 2.66. The first-order chi connectivity index (χ1) is 6.62. The third-order valence-electron chi connectivity index (χ3n) is 3.55. The molecule has 0 N–H and O–H groups in total. The fraction of sp³-hybridized carbons (Fsp3) is 0.818. The molecule has 1 saturated carbocycles. The molecule has 0 saturated heterocycles. The van der Waals surface area contributed by atoms with Gasteiger partial charge in [-0.25, -0.2) is 9.79 Å². The Balaban J connectivity index is 2.73. The molecule has 1 radical (unpaired) electrons. The van der Waals surface area contributed by atoms with E-state index in [4.69, 9.17) is 0 Å². The second-order valence-corrected chi connectivity index (χ2v) is 9.49. The minimum absolute atomic E-state index is 0.257. The Bertz CT molecular complexity index is 227. The van der Waals surface area contributed by atoms with E-state index < -0.39 is 8.07 Å². The van der Waals surface area contributed by atoms with Gasteiger partial charge in [0.1, 0.15) is 0 Å². The average molecular weight is 210 g/mol. The van der Waals surface area contributed by atoms with E-state index in [1.807, 2.05) is 0 Å². The molecule has 14 heavy (non-hydrogen) atoms. The normalized spacial score (nSPS) is 20.5. The maximum atomic E-state index is 10.4. The van der Waals surface area contributed by atoms with Crippen molar-refractivity contribution in [2.75, 3.05) is 0 Å². The van der Waals surface area contributed by atoms with Crippen LogP contribution in [0.25, 0.3) is 0 Å². The highest BCUT2D eigenvalue weighted by Crippen LogP contribution is 2.38. The lowest BCUT2D eigenvalue weighted by Gasteiger charge is -2.33. The standard InChI is InChI=1S/C11H20NOSi/c1-4-11(12-9-13)14(2,3)10-7-5-6-8-10/h11H,4-8H2,1-3H3. The number of isocyanates is 1. The molecule has 1 unspecified atom stereocenters. The Morgan fingerprint density at radius 1 is 1.43 bits per heavy atom. The van der Waals surface area contributed by atoms with Crippen LogP contribution in [0.3, 0.4) is 0 Å². The summed E-state index contributed by atoms with van der Waals surface area (Å²) in [7, 11) is -1.43. The first-order valence-corrected chi connectivity index (χ1v) is 8.62. The monoisotopic (exact) mass is 210 g/mol. The molecule has 0 bridgehead atoms. The summed E-state index contributed by atoms with van der Waals surface area (Å²) in [6, 6.07) is 0. The van der Waals surface area contributed by atoms with E-state index in [1.54, 1.807) is 11.6 Å². The predicted molar refractivity (Wildman–Crippen MR) is 61.4 cm³/mol. The summed E-state index contributed by atoms with van der Waals surface area (Å²) in [5, 5.41) is 0. The Hall–Kier alpha value is -0.403. The molecule has 0 aliphatic heterocycles. The number of rotatable bonds is 4. The van der Waals surface area contributed by atoms with Gasteiger partial charge in [-0.15, -0.1) is 0 Å². The van der Waals surface area contributed by atoms with Crippen LogP contribution >= 0.6 is 0 Å². The lowest BCUT2D eigenvalue weighted by molar-refractivity contribution is 0.560. The number of hydrogen-bond acceptors (Lipinski definition) is 2. The first kappa shape index (κ1) is 11.7. The first-order valence-electron chi connectivity index (χ1n) is 5.55. The van der Waals surface area contributed by atoms with Gasteiger partial charge in [0.15, 0.2) is 0 Å². The van der Waals surface area contributed by atoms with Crippen molar-refractivity contribution in [3.8, 4) is 0 Å². The Labute approximate surface area is 87.8 Å². The molecule has 1 aliphatic carbocycles. The molecule has 1 aliphatic rings. The molecule has 0 amide bonds. The van der Waals surface area contributed by atoms with Crippen LogP contribution in [0, 0.1) is 5.54 Å². The molecular weight excluding hydrogens is 190 g/mol. The maximum Gasteiger partial charge on any atom is 0.234 e. The number of nitrogens with zero attached hydrogens (tertiary/aromatic N) is 1. The van der Waals surface area contributed by atoms with Crippen molar-refractivity contribution >= 4 is 14.2 Å². The molecule has 1 atom stereocenters. The van der Waals surface area contributed by atoms with Crippen molar-refractivity contribution in [1.29, 1.82) is 0 Å². The van der Waals surface area contributed by atoms with Crippen LogP contribution in [0.2, 0.25) is 13.1 Å². The molecule has 0 aromatic heterocycles. The summed E-state index contributed by atoms with van der Waals surface area (Å²) in [6.07, 6.45) is 7.97. The van der Waals surface area contributed by atoms with Gasteiger partial charge in [0.2, 0.25) is 6.08 Å². The molecule has 3 heteroatoms. The van der Waals surface area contributed by atoms with Crippen molar-refractivity contribution < 1.29 is 4.79 Å². The third kappa shape index (κ3) is 2.34.